The number of nitrogens with zero attached hydrogens (tertiary/aromatic N) is 3. The molecule has 2 amide bonds. The highest BCUT2D eigenvalue weighted by Crippen LogP contribution is 2.42. The highest BCUT2D eigenvalue weighted by molar-refractivity contribution is 6.31. The van der Waals surface area contributed by atoms with E-state index in [2.05, 4.69) is 20.7 Å². The number of anilines is 1. The second-order valence-corrected chi connectivity index (χ2v) is 10.0. The van der Waals surface area contributed by atoms with Gasteiger partial charge in [-0.15, -0.1) is 0 Å². The fourth-order valence-electron chi connectivity index (χ4n) is 5.06. The van der Waals surface area contributed by atoms with Gasteiger partial charge in [-0.1, -0.05) is 11.6 Å². The van der Waals surface area contributed by atoms with E-state index in [4.69, 9.17) is 11.6 Å². The number of pyridine rings is 1. The number of alkyl halides is 3. The molecule has 0 spiro atoms. The van der Waals surface area contributed by atoms with E-state index in [1.165, 1.54) is 18.5 Å². The van der Waals surface area contributed by atoms with E-state index in [1.807, 2.05) is 0 Å². The van der Waals surface area contributed by atoms with E-state index < -0.39 is 46.8 Å². The summed E-state index contributed by atoms with van der Waals surface area (Å²) in [7, 11) is 0. The van der Waals surface area contributed by atoms with Gasteiger partial charge in [0.2, 0.25) is 0 Å². The molecular formula is C29H17ClF5N5O2. The molecule has 6 rings (SSSR count). The number of hydrogen-bond acceptors (Lipinski definition) is 4. The molecule has 3 heterocycles. The summed E-state index contributed by atoms with van der Waals surface area (Å²) in [4.78, 5) is 30.7. The maximum absolute atomic E-state index is 14.2. The van der Waals surface area contributed by atoms with Crippen LogP contribution in [0.3, 0.4) is 0 Å². The molecule has 0 fully saturated rings. The molecule has 3 aromatic carbocycles. The molecule has 0 saturated heterocycles. The van der Waals surface area contributed by atoms with Gasteiger partial charge in [-0.05, 0) is 73.2 Å². The minimum atomic E-state index is -4.90. The third-order valence-corrected chi connectivity index (χ3v) is 7.33. The number of nitrogens with one attached hydrogen (secondary N) is 2. The van der Waals surface area contributed by atoms with Crippen molar-refractivity contribution in [3.8, 4) is 11.1 Å². The topological polar surface area (TPSA) is 88.4 Å². The van der Waals surface area contributed by atoms with Gasteiger partial charge >= 0.3 is 6.18 Å². The first-order valence-electron chi connectivity index (χ1n) is 12.3. The van der Waals surface area contributed by atoms with E-state index in [9.17, 15) is 31.5 Å². The molecule has 5 aromatic rings. The summed E-state index contributed by atoms with van der Waals surface area (Å²) in [5, 5.41) is 9.60. The number of carbonyl (C=O) groups is 2. The maximum atomic E-state index is 14.2. The summed E-state index contributed by atoms with van der Waals surface area (Å²) in [6.07, 6.45) is -3.53. The molecule has 0 unspecified atom stereocenters. The summed E-state index contributed by atoms with van der Waals surface area (Å²) in [5.41, 5.74) is 0.861. The summed E-state index contributed by atoms with van der Waals surface area (Å²) in [6.45, 7) is 1.77. The van der Waals surface area contributed by atoms with Crippen LogP contribution in [0.4, 0.5) is 27.6 Å². The molecular weight excluding hydrogens is 581 g/mol. The highest BCUT2D eigenvalue weighted by Gasteiger charge is 2.36. The van der Waals surface area contributed by atoms with Crippen molar-refractivity contribution in [2.45, 2.75) is 19.1 Å². The maximum Gasteiger partial charge on any atom is 0.416 e. The molecule has 1 atom stereocenters. The largest absolute Gasteiger partial charge is 0.416 e. The summed E-state index contributed by atoms with van der Waals surface area (Å²) in [5.74, 6) is -3.51. The van der Waals surface area contributed by atoms with Crippen molar-refractivity contribution in [2.75, 3.05) is 5.32 Å². The fraction of sp³-hybridized carbons (Fsp3) is 0.103. The molecule has 2 N–H and O–H groups in total. The van der Waals surface area contributed by atoms with Crippen molar-refractivity contribution in [3.05, 3.63) is 117 Å². The van der Waals surface area contributed by atoms with Gasteiger partial charge < -0.3 is 10.6 Å². The number of fused-ring (bicyclic) bond motifs is 2. The Kier molecular flexibility index (Phi) is 6.45. The number of hydrogen-bond donors (Lipinski definition) is 2. The molecule has 212 valence electrons. The lowest BCUT2D eigenvalue weighted by atomic mass is 9.92. The highest BCUT2D eigenvalue weighted by atomic mass is 35.5. The smallest absolute Gasteiger partial charge is 0.341 e. The lowest BCUT2D eigenvalue weighted by molar-refractivity contribution is -0.137. The lowest BCUT2D eigenvalue weighted by Crippen LogP contribution is -2.21. The molecule has 0 aliphatic carbocycles. The number of aryl methyl sites for hydroxylation is 1. The minimum Gasteiger partial charge on any atom is -0.341 e. The number of amides is 2. The van der Waals surface area contributed by atoms with Crippen LogP contribution in [0.25, 0.3) is 16.8 Å². The van der Waals surface area contributed by atoms with Gasteiger partial charge in [-0.25, -0.2) is 18.3 Å². The van der Waals surface area contributed by atoms with Crippen LogP contribution in [-0.2, 0) is 6.18 Å². The van der Waals surface area contributed by atoms with Crippen LogP contribution in [0.5, 0.6) is 0 Å². The van der Waals surface area contributed by atoms with Crippen LogP contribution in [0, 0.1) is 18.6 Å². The predicted molar refractivity (Wildman–Crippen MR) is 143 cm³/mol. The molecule has 0 saturated carbocycles. The van der Waals surface area contributed by atoms with E-state index in [1.54, 1.807) is 29.6 Å². The molecule has 7 nitrogen and oxygen atoms in total. The van der Waals surface area contributed by atoms with Crippen LogP contribution < -0.4 is 10.6 Å². The second kappa shape index (κ2) is 9.91. The quantitative estimate of drug-likeness (QED) is 0.225. The molecule has 1 aliphatic rings. The molecule has 1 aliphatic heterocycles. The first-order valence-corrected chi connectivity index (χ1v) is 12.7. The van der Waals surface area contributed by atoms with Crippen molar-refractivity contribution in [1.29, 1.82) is 0 Å². The van der Waals surface area contributed by atoms with Crippen LogP contribution >= 0.6 is 11.6 Å². The van der Waals surface area contributed by atoms with Crippen LogP contribution in [0.1, 0.15) is 49.1 Å². The average molecular weight is 598 g/mol. The minimum absolute atomic E-state index is 0.0204. The Hall–Kier alpha value is -4.84. The fourth-order valence-corrected chi connectivity index (χ4v) is 5.29. The summed E-state index contributed by atoms with van der Waals surface area (Å²) < 4.78 is 69.9. The average Bonchev–Trinajstić information content (AvgIpc) is 3.55. The van der Waals surface area contributed by atoms with Crippen molar-refractivity contribution in [3.63, 3.8) is 0 Å². The van der Waals surface area contributed by atoms with Crippen LogP contribution in [0.2, 0.25) is 5.02 Å². The number of rotatable bonds is 4. The zero-order valence-electron chi connectivity index (χ0n) is 21.4. The van der Waals surface area contributed by atoms with Crippen molar-refractivity contribution in [2.24, 2.45) is 0 Å². The van der Waals surface area contributed by atoms with Crippen LogP contribution in [0.15, 0.2) is 67.0 Å². The van der Waals surface area contributed by atoms with Gasteiger partial charge in [0.15, 0.2) is 5.65 Å². The Bertz CT molecular complexity index is 1940. The molecule has 0 radical (unpaired) electrons. The molecule has 13 heteroatoms. The van der Waals surface area contributed by atoms with Gasteiger partial charge in [0, 0.05) is 44.2 Å². The normalized spacial score (nSPS) is 14.6. The zero-order chi connectivity index (χ0) is 29.9. The first kappa shape index (κ1) is 27.3. The summed E-state index contributed by atoms with van der Waals surface area (Å²) >= 11 is 6.35. The molecule has 2 aromatic heterocycles. The third-order valence-electron chi connectivity index (χ3n) is 6.98. The van der Waals surface area contributed by atoms with Crippen LogP contribution in [-0.4, -0.2) is 26.4 Å². The Balaban J connectivity index is 1.53. The van der Waals surface area contributed by atoms with E-state index >= 15 is 0 Å². The lowest BCUT2D eigenvalue weighted by Gasteiger charge is -2.19. The van der Waals surface area contributed by atoms with E-state index in [0.717, 1.165) is 12.1 Å². The van der Waals surface area contributed by atoms with E-state index in [0.29, 0.717) is 34.6 Å². The third kappa shape index (κ3) is 4.73. The van der Waals surface area contributed by atoms with Gasteiger partial charge in [-0.2, -0.15) is 18.3 Å². The standard InChI is InChI=1S/C29H17ClF5N5O2/c1-13-19(3-5-24-36-12-37-40(13)24)14-8-21-25(26(39-28(21)42)20-11-17(31)2-4-22(20)30)23(9-14)38-27(41)15-6-16(29(33,34)35)10-18(32)7-15/h2-12,26H,1H3,(H,38,41)(H,39,42)/t26-/m1/s1. The van der Waals surface area contributed by atoms with Gasteiger partial charge in [0.25, 0.3) is 11.8 Å². The van der Waals surface area contributed by atoms with Crippen molar-refractivity contribution in [1.82, 2.24) is 19.9 Å². The molecule has 42 heavy (non-hydrogen) atoms. The summed E-state index contributed by atoms with van der Waals surface area (Å²) in [6, 6.07) is 10.6. The van der Waals surface area contributed by atoms with Crippen molar-refractivity contribution >= 4 is 34.7 Å². The zero-order valence-corrected chi connectivity index (χ0v) is 22.1. The van der Waals surface area contributed by atoms with Gasteiger partial charge in [0.1, 0.15) is 18.0 Å². The Morgan fingerprint density at radius 2 is 1.79 bits per heavy atom. The Morgan fingerprint density at radius 3 is 2.55 bits per heavy atom. The number of halogens is 6. The number of benzene rings is 3. The number of aromatic nitrogens is 3. The Morgan fingerprint density at radius 1 is 1.00 bits per heavy atom. The SMILES string of the molecule is Cc1c(-c2cc(NC(=O)c3cc(F)cc(C(F)(F)F)c3)c3c(c2)C(=O)N[C@@H]3c2cc(F)ccc2Cl)ccc2ncnn12. The van der Waals surface area contributed by atoms with Gasteiger partial charge in [-0.3, -0.25) is 9.59 Å². The Labute approximate surface area is 239 Å². The number of carbonyl (C=O) groups excluding carboxylic acids is 2. The molecule has 0 bridgehead atoms. The second-order valence-electron chi connectivity index (χ2n) is 9.60. The first-order chi connectivity index (χ1) is 19.9. The van der Waals surface area contributed by atoms with Crippen molar-refractivity contribution < 1.29 is 31.5 Å². The predicted octanol–water partition coefficient (Wildman–Crippen LogP) is 6.74. The van der Waals surface area contributed by atoms with E-state index in [-0.39, 0.29) is 33.5 Å². The monoisotopic (exact) mass is 597 g/mol. The van der Waals surface area contributed by atoms with Gasteiger partial charge in [0.05, 0.1) is 11.6 Å².